The van der Waals surface area contributed by atoms with Crippen molar-refractivity contribution in [2.45, 2.75) is 30.6 Å². The average Bonchev–Trinajstić information content (AvgIpc) is 2.41. The topological polar surface area (TPSA) is 25.8 Å². The summed E-state index contributed by atoms with van der Waals surface area (Å²) in [5.41, 5.74) is 3.69. The smallest absolute Gasteiger partial charge is 0.0412 e. The molecule has 2 aromatic rings. The fourth-order valence-corrected chi connectivity index (χ4v) is 3.76. The summed E-state index contributed by atoms with van der Waals surface area (Å²) in [6.45, 7) is 6.32. The lowest BCUT2D eigenvalue weighted by Gasteiger charge is -2.08. The Balaban J connectivity index is 1.84. The van der Waals surface area contributed by atoms with E-state index in [0.29, 0.717) is 0 Å². The number of aromatic nitrogens is 2. The van der Waals surface area contributed by atoms with Gasteiger partial charge in [-0.15, -0.1) is 23.5 Å². The second-order valence-electron chi connectivity index (χ2n) is 4.36. The van der Waals surface area contributed by atoms with Crippen LogP contribution in [0.5, 0.6) is 0 Å². The zero-order valence-electron chi connectivity index (χ0n) is 11.5. The molecule has 0 aliphatic heterocycles. The van der Waals surface area contributed by atoms with E-state index in [1.165, 1.54) is 20.9 Å². The highest BCUT2D eigenvalue weighted by molar-refractivity contribution is 8.03. The molecule has 0 fully saturated rings. The molecule has 4 heteroatoms. The van der Waals surface area contributed by atoms with Crippen LogP contribution in [0.25, 0.3) is 0 Å². The van der Waals surface area contributed by atoms with Crippen LogP contribution in [0.3, 0.4) is 0 Å². The molecular formula is C15H18N2S2. The third kappa shape index (κ3) is 3.98. The van der Waals surface area contributed by atoms with Crippen molar-refractivity contribution in [1.82, 2.24) is 9.97 Å². The molecule has 2 heterocycles. The molecule has 2 aromatic heterocycles. The predicted octanol–water partition coefficient (Wildman–Crippen LogP) is 4.29. The Bertz CT molecular complexity index is 556. The molecule has 0 spiro atoms. The summed E-state index contributed by atoms with van der Waals surface area (Å²) in [7, 11) is 0. The molecule has 0 N–H and O–H groups in total. The van der Waals surface area contributed by atoms with Gasteiger partial charge in [0.1, 0.15) is 0 Å². The van der Waals surface area contributed by atoms with E-state index in [-0.39, 0.29) is 0 Å². The Labute approximate surface area is 123 Å². The molecular weight excluding hydrogens is 272 g/mol. The molecule has 0 atom stereocenters. The number of thioether (sulfide) groups is 2. The van der Waals surface area contributed by atoms with Gasteiger partial charge in [0.2, 0.25) is 0 Å². The van der Waals surface area contributed by atoms with E-state index in [4.69, 9.17) is 0 Å². The highest BCUT2D eigenvalue weighted by Crippen LogP contribution is 2.26. The van der Waals surface area contributed by atoms with Gasteiger partial charge in [-0.3, -0.25) is 9.97 Å². The Morgan fingerprint density at radius 1 is 0.947 bits per heavy atom. The maximum atomic E-state index is 4.30. The van der Waals surface area contributed by atoms with Gasteiger partial charge in [-0.05, 0) is 44.0 Å². The van der Waals surface area contributed by atoms with Gasteiger partial charge in [-0.1, -0.05) is 0 Å². The Morgan fingerprint density at radius 2 is 1.63 bits per heavy atom. The highest BCUT2D eigenvalue weighted by atomic mass is 32.2. The number of pyridine rings is 2. The normalized spacial score (nSPS) is 10.7. The van der Waals surface area contributed by atoms with Crippen LogP contribution in [0.15, 0.2) is 40.5 Å². The molecule has 0 amide bonds. The molecule has 100 valence electrons. The number of hydrogen-bond acceptors (Lipinski definition) is 4. The van der Waals surface area contributed by atoms with Crippen molar-refractivity contribution < 1.29 is 0 Å². The van der Waals surface area contributed by atoms with E-state index in [0.717, 1.165) is 17.2 Å². The zero-order chi connectivity index (χ0) is 13.7. The van der Waals surface area contributed by atoms with E-state index in [1.54, 1.807) is 0 Å². The van der Waals surface area contributed by atoms with Gasteiger partial charge >= 0.3 is 0 Å². The maximum Gasteiger partial charge on any atom is 0.0412 e. The molecule has 0 unspecified atom stereocenters. The van der Waals surface area contributed by atoms with Crippen LogP contribution in [0.1, 0.15) is 16.8 Å². The molecule has 0 bridgehead atoms. The quantitative estimate of drug-likeness (QED) is 0.606. The van der Waals surface area contributed by atoms with Crippen LogP contribution in [-0.4, -0.2) is 21.5 Å². The summed E-state index contributed by atoms with van der Waals surface area (Å²) in [5.74, 6) is 2.22. The standard InChI is InChI=1S/C15H18N2S2/c1-11-10-16-6-4-14(11)18-8-9-19-15-5-7-17-13(3)12(15)2/h4-7,10H,8-9H2,1-3H3. The van der Waals surface area contributed by atoms with Gasteiger partial charge in [0, 0.05) is 45.6 Å². The first-order valence-electron chi connectivity index (χ1n) is 6.27. The molecule has 0 saturated heterocycles. The van der Waals surface area contributed by atoms with Crippen LogP contribution in [0.2, 0.25) is 0 Å². The largest absolute Gasteiger partial charge is 0.264 e. The molecule has 0 aliphatic rings. The Morgan fingerprint density at radius 3 is 2.37 bits per heavy atom. The van der Waals surface area contributed by atoms with Crippen LogP contribution >= 0.6 is 23.5 Å². The van der Waals surface area contributed by atoms with Crippen LogP contribution in [0, 0.1) is 20.8 Å². The minimum Gasteiger partial charge on any atom is -0.264 e. The van der Waals surface area contributed by atoms with E-state index < -0.39 is 0 Å². The second kappa shape index (κ2) is 6.96. The Hall–Kier alpha value is -1.00. The van der Waals surface area contributed by atoms with Crippen LogP contribution < -0.4 is 0 Å². The van der Waals surface area contributed by atoms with Gasteiger partial charge in [-0.25, -0.2) is 0 Å². The molecule has 2 nitrogen and oxygen atoms in total. The lowest BCUT2D eigenvalue weighted by Crippen LogP contribution is -1.91. The molecule has 0 saturated carbocycles. The molecule has 2 rings (SSSR count). The van der Waals surface area contributed by atoms with Crippen molar-refractivity contribution in [2.24, 2.45) is 0 Å². The van der Waals surface area contributed by atoms with Gasteiger partial charge in [-0.2, -0.15) is 0 Å². The lowest BCUT2D eigenvalue weighted by molar-refractivity contribution is 1.09. The van der Waals surface area contributed by atoms with Gasteiger partial charge < -0.3 is 0 Å². The number of aryl methyl sites for hydroxylation is 2. The van der Waals surface area contributed by atoms with E-state index in [1.807, 2.05) is 42.1 Å². The van der Waals surface area contributed by atoms with E-state index >= 15 is 0 Å². The third-order valence-corrected chi connectivity index (χ3v) is 5.57. The van der Waals surface area contributed by atoms with Crippen molar-refractivity contribution in [3.63, 3.8) is 0 Å². The number of rotatable bonds is 5. The Kier molecular flexibility index (Phi) is 5.28. The first kappa shape index (κ1) is 14.4. The summed E-state index contributed by atoms with van der Waals surface area (Å²) in [6.07, 6.45) is 5.68. The molecule has 19 heavy (non-hydrogen) atoms. The molecule has 0 radical (unpaired) electrons. The summed E-state index contributed by atoms with van der Waals surface area (Å²) in [4.78, 5) is 11.1. The van der Waals surface area contributed by atoms with E-state index in [2.05, 4.69) is 42.9 Å². The minimum absolute atomic E-state index is 1.11. The SMILES string of the molecule is Cc1cnccc1SCCSc1ccnc(C)c1C. The number of hydrogen-bond donors (Lipinski definition) is 0. The van der Waals surface area contributed by atoms with Crippen LogP contribution in [-0.2, 0) is 0 Å². The van der Waals surface area contributed by atoms with E-state index in [9.17, 15) is 0 Å². The summed E-state index contributed by atoms with van der Waals surface area (Å²) < 4.78 is 0. The average molecular weight is 290 g/mol. The minimum atomic E-state index is 1.11. The monoisotopic (exact) mass is 290 g/mol. The maximum absolute atomic E-state index is 4.30. The predicted molar refractivity (Wildman–Crippen MR) is 84.1 cm³/mol. The fourth-order valence-electron chi connectivity index (χ4n) is 1.70. The zero-order valence-corrected chi connectivity index (χ0v) is 13.1. The van der Waals surface area contributed by atoms with Gasteiger partial charge in [0.25, 0.3) is 0 Å². The third-order valence-electron chi connectivity index (χ3n) is 2.97. The second-order valence-corrected chi connectivity index (χ2v) is 6.63. The van der Waals surface area contributed by atoms with Crippen molar-refractivity contribution in [2.75, 3.05) is 11.5 Å². The van der Waals surface area contributed by atoms with Crippen molar-refractivity contribution in [1.29, 1.82) is 0 Å². The first-order chi connectivity index (χ1) is 9.18. The van der Waals surface area contributed by atoms with Crippen molar-refractivity contribution in [3.8, 4) is 0 Å². The number of nitrogens with zero attached hydrogens (tertiary/aromatic N) is 2. The fraction of sp³-hybridized carbons (Fsp3) is 0.333. The molecule has 0 aliphatic carbocycles. The first-order valence-corrected chi connectivity index (χ1v) is 8.24. The van der Waals surface area contributed by atoms with Crippen molar-refractivity contribution >= 4 is 23.5 Å². The summed E-state index contributed by atoms with van der Waals surface area (Å²) in [6, 6.07) is 4.20. The van der Waals surface area contributed by atoms with Gasteiger partial charge in [0.05, 0.1) is 0 Å². The lowest BCUT2D eigenvalue weighted by atomic mass is 10.2. The van der Waals surface area contributed by atoms with Crippen molar-refractivity contribution in [3.05, 3.63) is 47.5 Å². The highest BCUT2D eigenvalue weighted by Gasteiger charge is 2.03. The summed E-state index contributed by atoms with van der Waals surface area (Å²) in [5, 5.41) is 0. The van der Waals surface area contributed by atoms with Gasteiger partial charge in [0.15, 0.2) is 0 Å². The molecule has 0 aromatic carbocycles. The summed E-state index contributed by atoms with van der Waals surface area (Å²) >= 11 is 3.81. The van der Waals surface area contributed by atoms with Crippen LogP contribution in [0.4, 0.5) is 0 Å².